The first-order valence-corrected chi connectivity index (χ1v) is 12.2. The predicted molar refractivity (Wildman–Crippen MR) is 128 cm³/mol. The van der Waals surface area contributed by atoms with Crippen LogP contribution in [0.3, 0.4) is 0 Å². The van der Waals surface area contributed by atoms with Crippen LogP contribution in [0, 0.1) is 6.92 Å². The number of nitrogens with zero attached hydrogens (tertiary/aromatic N) is 2. The molecule has 2 heterocycles. The summed E-state index contributed by atoms with van der Waals surface area (Å²) in [6, 6.07) is 7.05. The van der Waals surface area contributed by atoms with Crippen molar-refractivity contribution in [3.8, 4) is 16.3 Å². The minimum atomic E-state index is -0.289. The quantitative estimate of drug-likeness (QED) is 0.453. The zero-order valence-corrected chi connectivity index (χ0v) is 19.6. The molecule has 2 aromatic heterocycles. The monoisotopic (exact) mass is 471 g/mol. The Morgan fingerprint density at radius 3 is 2.62 bits per heavy atom. The number of aromatic nitrogens is 2. The minimum Gasteiger partial charge on any atom is -0.496 e. The first-order valence-electron chi connectivity index (χ1n) is 10.5. The summed E-state index contributed by atoms with van der Waals surface area (Å²) in [5.41, 5.74) is 1.91. The molecule has 0 atom stereocenters. The van der Waals surface area contributed by atoms with Crippen LogP contribution in [0.15, 0.2) is 29.6 Å². The van der Waals surface area contributed by atoms with Crippen molar-refractivity contribution >= 4 is 44.9 Å². The summed E-state index contributed by atoms with van der Waals surface area (Å²) in [6.07, 6.45) is 5.62. The fraction of sp³-hybridized carbons (Fsp3) is 0.364. The fourth-order valence-corrected chi connectivity index (χ4v) is 5.38. The van der Waals surface area contributed by atoms with Gasteiger partial charge in [-0.1, -0.05) is 42.7 Å². The molecule has 0 aliphatic heterocycles. The zero-order valence-electron chi connectivity index (χ0n) is 17.9. The first-order chi connectivity index (χ1) is 15.5. The molecule has 1 fully saturated rings. The van der Waals surface area contributed by atoms with Gasteiger partial charge in [-0.3, -0.25) is 15.4 Å². The van der Waals surface area contributed by atoms with Crippen molar-refractivity contribution in [1.29, 1.82) is 0 Å². The standard InChI is InChI=1S/C22H25N5O3S2/c1-13-18(32-22(23-13)26-19(28)15-10-6-7-11-17(15)30-2)16-12-31-21(25-16)27-20(29)24-14-8-4-3-5-9-14/h6-7,10-12,14H,3-5,8-9H2,1-2H3,(H,23,26,28)(H2,24,25,27,29). The molecule has 32 heavy (non-hydrogen) atoms. The number of carbonyl (C=O) groups is 2. The summed E-state index contributed by atoms with van der Waals surface area (Å²) in [5.74, 6) is 0.211. The third-order valence-corrected chi connectivity index (χ3v) is 7.12. The van der Waals surface area contributed by atoms with Gasteiger partial charge in [-0.25, -0.2) is 14.8 Å². The molecule has 10 heteroatoms. The molecule has 3 amide bonds. The molecule has 3 aromatic rings. The highest BCUT2D eigenvalue weighted by molar-refractivity contribution is 7.20. The van der Waals surface area contributed by atoms with Crippen LogP contribution < -0.4 is 20.7 Å². The fourth-order valence-electron chi connectivity index (χ4n) is 3.69. The normalized spacial score (nSPS) is 14.1. The van der Waals surface area contributed by atoms with Crippen LogP contribution in [-0.2, 0) is 0 Å². The summed E-state index contributed by atoms with van der Waals surface area (Å²) < 4.78 is 5.26. The summed E-state index contributed by atoms with van der Waals surface area (Å²) in [5, 5.41) is 11.6. The second-order valence-corrected chi connectivity index (χ2v) is 9.42. The smallest absolute Gasteiger partial charge is 0.321 e. The van der Waals surface area contributed by atoms with Gasteiger partial charge in [-0.15, -0.1) is 11.3 Å². The number of amides is 3. The molecule has 4 rings (SSSR count). The summed E-state index contributed by atoms with van der Waals surface area (Å²) in [7, 11) is 1.53. The van der Waals surface area contributed by atoms with Crippen molar-refractivity contribution in [2.75, 3.05) is 17.7 Å². The highest BCUT2D eigenvalue weighted by atomic mass is 32.1. The second kappa shape index (κ2) is 10.1. The van der Waals surface area contributed by atoms with Crippen LogP contribution in [0.4, 0.5) is 15.1 Å². The largest absolute Gasteiger partial charge is 0.496 e. The zero-order chi connectivity index (χ0) is 22.5. The number of aryl methyl sites for hydroxylation is 1. The van der Waals surface area contributed by atoms with Gasteiger partial charge in [-0.2, -0.15) is 0 Å². The van der Waals surface area contributed by atoms with E-state index in [9.17, 15) is 9.59 Å². The molecule has 1 saturated carbocycles. The third kappa shape index (κ3) is 5.25. The van der Waals surface area contributed by atoms with Crippen molar-refractivity contribution < 1.29 is 14.3 Å². The number of methoxy groups -OCH3 is 1. The van der Waals surface area contributed by atoms with Crippen molar-refractivity contribution in [3.05, 3.63) is 40.9 Å². The van der Waals surface area contributed by atoms with Crippen molar-refractivity contribution in [2.24, 2.45) is 0 Å². The van der Waals surface area contributed by atoms with E-state index in [0.29, 0.717) is 21.6 Å². The number of para-hydroxylation sites is 1. The Labute approximate surface area is 194 Å². The summed E-state index contributed by atoms with van der Waals surface area (Å²) in [4.78, 5) is 34.8. The van der Waals surface area contributed by atoms with E-state index in [4.69, 9.17) is 4.74 Å². The molecule has 0 unspecified atom stereocenters. The average Bonchev–Trinajstić information content (AvgIpc) is 3.40. The first kappa shape index (κ1) is 22.2. The Morgan fingerprint density at radius 1 is 1.06 bits per heavy atom. The maximum atomic E-state index is 12.6. The maximum Gasteiger partial charge on any atom is 0.321 e. The van der Waals surface area contributed by atoms with Crippen LogP contribution in [-0.4, -0.2) is 35.1 Å². The Morgan fingerprint density at radius 2 is 1.84 bits per heavy atom. The van der Waals surface area contributed by atoms with Crippen LogP contribution in [0.5, 0.6) is 5.75 Å². The van der Waals surface area contributed by atoms with Crippen molar-refractivity contribution in [2.45, 2.75) is 45.1 Å². The summed E-state index contributed by atoms with van der Waals surface area (Å²) in [6.45, 7) is 1.87. The van der Waals surface area contributed by atoms with Gasteiger partial charge in [0.1, 0.15) is 5.75 Å². The Balaban J connectivity index is 1.41. The molecular weight excluding hydrogens is 446 g/mol. The van der Waals surface area contributed by atoms with Gasteiger partial charge in [-0.05, 0) is 31.9 Å². The highest BCUT2D eigenvalue weighted by Gasteiger charge is 2.19. The van der Waals surface area contributed by atoms with Crippen molar-refractivity contribution in [1.82, 2.24) is 15.3 Å². The minimum absolute atomic E-state index is 0.219. The number of hydrogen-bond donors (Lipinski definition) is 3. The highest BCUT2D eigenvalue weighted by Crippen LogP contribution is 2.35. The molecule has 168 valence electrons. The van der Waals surface area contributed by atoms with Crippen molar-refractivity contribution in [3.63, 3.8) is 0 Å². The molecule has 1 aliphatic rings. The lowest BCUT2D eigenvalue weighted by Crippen LogP contribution is -2.38. The molecule has 8 nitrogen and oxygen atoms in total. The molecule has 0 spiro atoms. The lowest BCUT2D eigenvalue weighted by Gasteiger charge is -2.22. The number of benzene rings is 1. The molecule has 0 saturated heterocycles. The van der Waals surface area contributed by atoms with Gasteiger partial charge in [0.15, 0.2) is 10.3 Å². The number of urea groups is 1. The molecule has 0 radical (unpaired) electrons. The Kier molecular flexibility index (Phi) is 7.01. The number of thiazole rings is 2. The van der Waals surface area contributed by atoms with E-state index in [-0.39, 0.29) is 18.0 Å². The third-order valence-electron chi connectivity index (χ3n) is 5.27. The average molecular weight is 472 g/mol. The van der Waals surface area contributed by atoms with Gasteiger partial charge in [0.2, 0.25) is 0 Å². The van der Waals surface area contributed by atoms with Crippen LogP contribution in [0.1, 0.15) is 48.2 Å². The second-order valence-electron chi connectivity index (χ2n) is 7.56. The molecule has 0 bridgehead atoms. The molecule has 1 aliphatic carbocycles. The van der Waals surface area contributed by atoms with E-state index >= 15 is 0 Å². The van der Waals surface area contributed by atoms with E-state index in [2.05, 4.69) is 25.9 Å². The van der Waals surface area contributed by atoms with Gasteiger partial charge in [0.05, 0.1) is 28.9 Å². The molecule has 1 aromatic carbocycles. The molecule has 3 N–H and O–H groups in total. The van der Waals surface area contributed by atoms with E-state index in [1.54, 1.807) is 18.2 Å². The number of hydrogen-bond acceptors (Lipinski definition) is 7. The SMILES string of the molecule is COc1ccccc1C(=O)Nc1nc(C)c(-c2csc(NC(=O)NC3CCCCC3)n2)s1. The van der Waals surface area contributed by atoms with Gasteiger partial charge in [0.25, 0.3) is 5.91 Å². The lowest BCUT2D eigenvalue weighted by atomic mass is 9.96. The topological polar surface area (TPSA) is 105 Å². The lowest BCUT2D eigenvalue weighted by molar-refractivity contribution is 0.102. The van der Waals surface area contributed by atoms with Crippen LogP contribution in [0.25, 0.3) is 10.6 Å². The van der Waals surface area contributed by atoms with Crippen LogP contribution in [0.2, 0.25) is 0 Å². The molecular formula is C22H25N5O3S2. The predicted octanol–water partition coefficient (Wildman–Crippen LogP) is 5.29. The van der Waals surface area contributed by atoms with Gasteiger partial charge in [0, 0.05) is 11.4 Å². The Bertz CT molecular complexity index is 1100. The maximum absolute atomic E-state index is 12.6. The van der Waals surface area contributed by atoms with E-state index in [1.165, 1.54) is 36.2 Å². The number of rotatable bonds is 6. The number of carbonyl (C=O) groups excluding carboxylic acids is 2. The van der Waals surface area contributed by atoms with E-state index in [1.807, 2.05) is 18.4 Å². The van der Waals surface area contributed by atoms with E-state index in [0.717, 1.165) is 41.9 Å². The van der Waals surface area contributed by atoms with Gasteiger partial charge >= 0.3 is 6.03 Å². The summed E-state index contributed by atoms with van der Waals surface area (Å²) >= 11 is 2.70. The number of nitrogens with one attached hydrogen (secondary N) is 3. The van der Waals surface area contributed by atoms with Gasteiger partial charge < -0.3 is 10.1 Å². The number of anilines is 2. The number of ether oxygens (including phenoxy) is 1. The Hall–Kier alpha value is -2.98. The van der Waals surface area contributed by atoms with Crippen LogP contribution >= 0.6 is 22.7 Å². The van der Waals surface area contributed by atoms with E-state index < -0.39 is 0 Å².